The van der Waals surface area contributed by atoms with Crippen molar-refractivity contribution in [1.29, 1.82) is 0 Å². The second kappa shape index (κ2) is 12.3. The van der Waals surface area contributed by atoms with E-state index in [0.717, 1.165) is 54.8 Å². The molecule has 1 heteroatoms. The van der Waals surface area contributed by atoms with E-state index in [2.05, 4.69) is 30.3 Å². The van der Waals surface area contributed by atoms with Gasteiger partial charge >= 0.3 is 0 Å². The predicted octanol–water partition coefficient (Wildman–Crippen LogP) is 14.8. The maximum Gasteiger partial charge on any atom is 0.143 e. The van der Waals surface area contributed by atoms with Crippen LogP contribution < -0.4 is 0 Å². The van der Waals surface area contributed by atoms with Crippen molar-refractivity contribution >= 4 is 65.0 Å². The molecule has 0 aliphatic heterocycles. The minimum atomic E-state index is -0.619. The minimum absolute atomic E-state index is 0.0186. The third-order valence-electron chi connectivity index (χ3n) is 10.5. The molecule has 0 aliphatic rings. The van der Waals surface area contributed by atoms with E-state index >= 15 is 0 Å². The van der Waals surface area contributed by atoms with Gasteiger partial charge in [-0.25, -0.2) is 0 Å². The average Bonchev–Trinajstić information content (AvgIpc) is 3.73. The summed E-state index contributed by atoms with van der Waals surface area (Å²) in [5.41, 5.74) is 5.46. The molecule has 0 radical (unpaired) electrons. The third-order valence-corrected chi connectivity index (χ3v) is 10.5. The lowest BCUT2D eigenvalue weighted by atomic mass is 9.84. The molecular weight excluding hydrogens is 653 g/mol. The molecule has 1 aromatic heterocycles. The molecule has 0 saturated carbocycles. The van der Waals surface area contributed by atoms with Gasteiger partial charge in [0.15, 0.2) is 0 Å². The highest BCUT2D eigenvalue weighted by atomic mass is 16.3. The first-order valence-corrected chi connectivity index (χ1v) is 17.7. The number of benzene rings is 10. The molecule has 0 spiro atoms. The molecule has 0 amide bonds. The summed E-state index contributed by atoms with van der Waals surface area (Å²) in [5.74, 6) is 0. The molecule has 0 N–H and O–H groups in total. The van der Waals surface area contributed by atoms with Crippen LogP contribution >= 0.6 is 0 Å². The first-order valence-electron chi connectivity index (χ1n) is 24.2. The zero-order valence-electron chi connectivity index (χ0n) is 41.6. The van der Waals surface area contributed by atoms with Crippen LogP contribution in [-0.4, -0.2) is 0 Å². The number of fused-ring (bicyclic) bond motifs is 7. The van der Waals surface area contributed by atoms with Crippen LogP contribution in [0.15, 0.2) is 198 Å². The fraction of sp³-hybridized carbons (Fsp3) is 0.0189. The van der Waals surface area contributed by atoms with Crippen molar-refractivity contribution in [1.82, 2.24) is 0 Å². The molecule has 10 aromatic carbocycles. The minimum Gasteiger partial charge on any atom is -0.455 e. The molecule has 0 unspecified atom stereocenters. The molecule has 54 heavy (non-hydrogen) atoms. The quantitative estimate of drug-likeness (QED) is 0.163. The second-order valence-corrected chi connectivity index (χ2v) is 13.4. The highest BCUT2D eigenvalue weighted by Gasteiger charge is 2.19. The summed E-state index contributed by atoms with van der Waals surface area (Å²) in [6, 6.07) is 30.7. The van der Waals surface area contributed by atoms with Gasteiger partial charge in [0, 0.05) is 16.3 Å². The van der Waals surface area contributed by atoms with Gasteiger partial charge in [0.1, 0.15) is 11.2 Å². The largest absolute Gasteiger partial charge is 0.455 e. The molecular formula is C53H34O. The van der Waals surface area contributed by atoms with Crippen molar-refractivity contribution < 1.29 is 22.2 Å². The SMILES string of the molecule is [2H]c1c([2H])c([2H])c(Cc2c3c([2H])c([2H])c([2H])c([2H])c3c(-c3ccc(-c4ccc5c(c4)oc4c(-c6cccc7ccccc67)cccc45)c4ccccc34)c3c([2H])c([2H])c([2H])c([2H])c23)c([2H])c1[2H]. The molecule has 0 fully saturated rings. The zero-order chi connectivity index (χ0) is 46.9. The number of rotatable bonds is 5. The molecule has 11 rings (SSSR count). The van der Waals surface area contributed by atoms with Crippen LogP contribution in [0.1, 0.15) is 28.9 Å². The summed E-state index contributed by atoms with van der Waals surface area (Å²) in [7, 11) is 0. The Labute approximate surface area is 331 Å². The maximum absolute atomic E-state index is 9.43. The predicted molar refractivity (Wildman–Crippen MR) is 229 cm³/mol. The summed E-state index contributed by atoms with van der Waals surface area (Å²) < 4.78 is 122. The Morgan fingerprint density at radius 1 is 0.407 bits per heavy atom. The standard InChI is InChI=1S/C53H34O/c1-2-14-34(15-3-1)32-50-42-21-8-10-23-45(42)52(46-24-11-9-22-43(46)50)47-31-30-38(39-19-6-7-20-41(39)47)36-28-29-44-49-27-13-26-48(53(49)54-51(44)33-36)40-25-12-17-35-16-4-5-18-37(35)40/h1-31,33H,32H2/i1D,2D,3D,8D,9D,10D,11D,14D,15D,21D,22D,23D,24D. The maximum atomic E-state index is 9.43. The van der Waals surface area contributed by atoms with E-state index in [1.165, 1.54) is 0 Å². The van der Waals surface area contributed by atoms with Crippen LogP contribution in [0.4, 0.5) is 0 Å². The normalized spacial score (nSPS) is 15.1. The molecule has 252 valence electrons. The molecule has 1 heterocycles. The van der Waals surface area contributed by atoms with E-state index < -0.39 is 85.0 Å². The van der Waals surface area contributed by atoms with E-state index in [1.54, 1.807) is 6.07 Å². The van der Waals surface area contributed by atoms with E-state index in [-0.39, 0.29) is 38.2 Å². The molecule has 1 nitrogen and oxygen atoms in total. The fourth-order valence-corrected chi connectivity index (χ4v) is 8.10. The smallest absolute Gasteiger partial charge is 0.143 e. The first kappa shape index (κ1) is 20.3. The average molecular weight is 700 g/mol. The highest BCUT2D eigenvalue weighted by molar-refractivity contribution is 6.20. The van der Waals surface area contributed by atoms with Crippen molar-refractivity contribution in [3.63, 3.8) is 0 Å². The summed E-state index contributed by atoms with van der Waals surface area (Å²) in [6.45, 7) is 0. The Kier molecular flexibility index (Phi) is 4.64. The summed E-state index contributed by atoms with van der Waals surface area (Å²) >= 11 is 0. The van der Waals surface area contributed by atoms with Crippen LogP contribution in [0.2, 0.25) is 0 Å². The number of furan rings is 1. The Morgan fingerprint density at radius 2 is 1.00 bits per heavy atom. The van der Waals surface area contributed by atoms with Crippen molar-refractivity contribution in [2.45, 2.75) is 6.42 Å². The fourth-order valence-electron chi connectivity index (χ4n) is 8.10. The first-order chi connectivity index (χ1) is 32.2. The summed E-state index contributed by atoms with van der Waals surface area (Å²) in [6.07, 6.45) is -0.499. The zero-order valence-corrected chi connectivity index (χ0v) is 28.6. The van der Waals surface area contributed by atoms with Crippen LogP contribution in [0, 0.1) is 0 Å². The van der Waals surface area contributed by atoms with E-state index in [9.17, 15) is 5.48 Å². The van der Waals surface area contributed by atoms with Crippen LogP contribution in [0.3, 0.4) is 0 Å². The van der Waals surface area contributed by atoms with Gasteiger partial charge in [0.2, 0.25) is 0 Å². The second-order valence-electron chi connectivity index (χ2n) is 13.4. The van der Waals surface area contributed by atoms with Gasteiger partial charge in [0.25, 0.3) is 0 Å². The van der Waals surface area contributed by atoms with E-state index in [0.29, 0.717) is 16.5 Å². The van der Waals surface area contributed by atoms with Gasteiger partial charge in [-0.3, -0.25) is 0 Å². The van der Waals surface area contributed by atoms with Crippen LogP contribution in [-0.2, 0) is 6.42 Å². The lowest BCUT2D eigenvalue weighted by molar-refractivity contribution is 0.670. The van der Waals surface area contributed by atoms with Gasteiger partial charge in [-0.15, -0.1) is 0 Å². The van der Waals surface area contributed by atoms with Crippen molar-refractivity contribution in [2.75, 3.05) is 0 Å². The van der Waals surface area contributed by atoms with Crippen LogP contribution in [0.5, 0.6) is 0 Å². The summed E-state index contributed by atoms with van der Waals surface area (Å²) in [4.78, 5) is 0. The van der Waals surface area contributed by atoms with Gasteiger partial charge in [0.05, 0.1) is 17.8 Å². The van der Waals surface area contributed by atoms with Crippen LogP contribution in [0.25, 0.3) is 98.4 Å². The van der Waals surface area contributed by atoms with Crippen molar-refractivity contribution in [2.24, 2.45) is 0 Å². The summed E-state index contributed by atoms with van der Waals surface area (Å²) in [5, 5.41) is 5.28. The monoisotopic (exact) mass is 699 g/mol. The Bertz CT molecular complexity index is 3890. The van der Waals surface area contributed by atoms with E-state index in [1.807, 2.05) is 78.9 Å². The van der Waals surface area contributed by atoms with Crippen molar-refractivity contribution in [3.05, 3.63) is 205 Å². The number of hydrogen-bond donors (Lipinski definition) is 0. The van der Waals surface area contributed by atoms with Gasteiger partial charge in [-0.2, -0.15) is 0 Å². The lowest BCUT2D eigenvalue weighted by Crippen LogP contribution is -1.96. The number of para-hydroxylation sites is 1. The van der Waals surface area contributed by atoms with Gasteiger partial charge < -0.3 is 4.42 Å². The van der Waals surface area contributed by atoms with Crippen molar-refractivity contribution in [3.8, 4) is 33.4 Å². The third kappa shape index (κ3) is 4.79. The Balaban J connectivity index is 1.19. The molecule has 0 saturated heterocycles. The lowest BCUT2D eigenvalue weighted by Gasteiger charge is -2.19. The number of hydrogen-bond acceptors (Lipinski definition) is 1. The molecule has 0 bridgehead atoms. The van der Waals surface area contributed by atoms with Gasteiger partial charge in [-0.05, 0) is 101 Å². The molecule has 0 aliphatic carbocycles. The molecule has 11 aromatic rings. The highest BCUT2D eigenvalue weighted by Crippen LogP contribution is 2.45. The molecule has 0 atom stereocenters. The topological polar surface area (TPSA) is 13.1 Å². The van der Waals surface area contributed by atoms with Gasteiger partial charge in [-0.1, -0.05) is 182 Å². The Morgan fingerprint density at radius 3 is 1.78 bits per heavy atom. The Hall–Kier alpha value is -6.96. The van der Waals surface area contributed by atoms with E-state index in [4.69, 9.17) is 16.8 Å².